The molecule has 188 valence electrons. The van der Waals surface area contributed by atoms with Gasteiger partial charge in [0.2, 0.25) is 0 Å². The summed E-state index contributed by atoms with van der Waals surface area (Å²) in [4.78, 5) is 28.7. The largest absolute Gasteiger partial charge is 0.473 e. The number of para-hydroxylation sites is 2. The molecule has 0 saturated carbocycles. The zero-order chi connectivity index (χ0) is 25.5. The second-order valence-electron chi connectivity index (χ2n) is 7.97. The van der Waals surface area contributed by atoms with Gasteiger partial charge >= 0.3 is 11.9 Å². The molecule has 4 rings (SSSR count). The van der Waals surface area contributed by atoms with E-state index in [4.69, 9.17) is 24.5 Å². The number of carboxylic acid groups (broad SMARTS) is 2. The number of rotatable bonds is 6. The van der Waals surface area contributed by atoms with Crippen molar-refractivity contribution in [3.05, 3.63) is 59.4 Å². The Bertz CT molecular complexity index is 1140. The molecule has 3 N–H and O–H groups in total. The van der Waals surface area contributed by atoms with Crippen molar-refractivity contribution in [2.75, 3.05) is 25.9 Å². The van der Waals surface area contributed by atoms with Crippen LogP contribution in [0.2, 0.25) is 0 Å². The predicted molar refractivity (Wildman–Crippen MR) is 128 cm³/mol. The summed E-state index contributed by atoms with van der Waals surface area (Å²) in [5, 5.41) is 14.8. The first-order chi connectivity index (χ1) is 16.7. The fourth-order valence-corrected chi connectivity index (χ4v) is 4.45. The Morgan fingerprint density at radius 3 is 2.43 bits per heavy atom. The maximum absolute atomic E-state index is 15.3. The van der Waals surface area contributed by atoms with E-state index in [9.17, 15) is 4.39 Å². The number of nitrogens with one attached hydrogen (secondary N) is 1. The minimum Gasteiger partial charge on any atom is -0.473 e. The van der Waals surface area contributed by atoms with Crippen molar-refractivity contribution in [2.24, 2.45) is 0 Å². The summed E-state index contributed by atoms with van der Waals surface area (Å²) < 4.78 is 36.6. The smallest absolute Gasteiger partial charge is 0.414 e. The van der Waals surface area contributed by atoms with Crippen molar-refractivity contribution >= 4 is 34.7 Å². The molecule has 2 aromatic carbocycles. The molecule has 8 nitrogen and oxygen atoms in total. The van der Waals surface area contributed by atoms with Crippen LogP contribution >= 0.6 is 11.8 Å². The Morgan fingerprint density at radius 2 is 1.83 bits per heavy atom. The van der Waals surface area contributed by atoms with Gasteiger partial charge in [-0.15, -0.1) is 11.8 Å². The van der Waals surface area contributed by atoms with Crippen LogP contribution < -0.4 is 0 Å². The first-order valence-corrected chi connectivity index (χ1v) is 12.0. The van der Waals surface area contributed by atoms with Gasteiger partial charge in [-0.3, -0.25) is 0 Å². The number of thioether (sulfide) groups is 1. The summed E-state index contributed by atoms with van der Waals surface area (Å²) >= 11 is 1.35. The van der Waals surface area contributed by atoms with E-state index in [1.807, 2.05) is 31.2 Å². The van der Waals surface area contributed by atoms with E-state index < -0.39 is 29.7 Å². The number of H-pyrrole nitrogens is 1. The van der Waals surface area contributed by atoms with Gasteiger partial charge < -0.3 is 24.8 Å². The second kappa shape index (κ2) is 12.1. The SMILES string of the molecule is CCSc1ccc(F)c(C(OC2CCN(C)CC2)c2nc3ccccc3[nH]2)c1F.O=C(O)C(=O)O. The highest BCUT2D eigenvalue weighted by atomic mass is 32.2. The summed E-state index contributed by atoms with van der Waals surface area (Å²) in [6.07, 6.45) is 0.638. The van der Waals surface area contributed by atoms with Gasteiger partial charge in [0.25, 0.3) is 0 Å². The van der Waals surface area contributed by atoms with E-state index in [1.54, 1.807) is 0 Å². The van der Waals surface area contributed by atoms with Crippen molar-refractivity contribution in [2.45, 2.75) is 36.9 Å². The molecule has 0 radical (unpaired) electrons. The summed E-state index contributed by atoms with van der Waals surface area (Å²) in [7, 11) is 2.07. The number of aromatic nitrogens is 2. The molecule has 2 heterocycles. The highest BCUT2D eigenvalue weighted by Gasteiger charge is 2.31. The topological polar surface area (TPSA) is 116 Å². The van der Waals surface area contributed by atoms with Crippen molar-refractivity contribution < 1.29 is 33.3 Å². The molecule has 3 aromatic rings. The van der Waals surface area contributed by atoms with Crippen LogP contribution in [0, 0.1) is 11.6 Å². The molecule has 1 saturated heterocycles. The third-order valence-electron chi connectivity index (χ3n) is 5.49. The van der Waals surface area contributed by atoms with Crippen LogP contribution in [0.4, 0.5) is 8.78 Å². The predicted octanol–water partition coefficient (Wildman–Crippen LogP) is 4.31. The first kappa shape index (κ1) is 26.6. The second-order valence-corrected chi connectivity index (χ2v) is 9.28. The molecule has 1 aliphatic rings. The minimum absolute atomic E-state index is 0.0681. The molecule has 1 unspecified atom stereocenters. The molecule has 0 spiro atoms. The Morgan fingerprint density at radius 1 is 1.17 bits per heavy atom. The lowest BCUT2D eigenvalue weighted by atomic mass is 10.0. The van der Waals surface area contributed by atoms with Gasteiger partial charge in [0.15, 0.2) is 0 Å². The molecule has 0 amide bonds. The number of nitrogens with zero attached hydrogens (tertiary/aromatic N) is 2. The van der Waals surface area contributed by atoms with Gasteiger partial charge in [0.05, 0.1) is 22.7 Å². The highest BCUT2D eigenvalue weighted by Crippen LogP contribution is 2.36. The van der Waals surface area contributed by atoms with Gasteiger partial charge in [-0.25, -0.2) is 23.4 Å². The summed E-state index contributed by atoms with van der Waals surface area (Å²) in [6, 6.07) is 10.4. The molecule has 1 aliphatic heterocycles. The van der Waals surface area contributed by atoms with Crippen molar-refractivity contribution in [3.8, 4) is 0 Å². The lowest BCUT2D eigenvalue weighted by Gasteiger charge is -2.31. The average Bonchev–Trinajstić information content (AvgIpc) is 3.26. The molecule has 0 aliphatic carbocycles. The number of carbonyl (C=O) groups is 2. The number of carboxylic acids is 2. The van der Waals surface area contributed by atoms with Crippen LogP contribution in [-0.2, 0) is 14.3 Å². The molecule has 11 heteroatoms. The number of ether oxygens (including phenoxy) is 1. The molecule has 1 atom stereocenters. The molecule has 0 bridgehead atoms. The minimum atomic E-state index is -1.82. The Hall–Kier alpha value is -3.02. The van der Waals surface area contributed by atoms with Crippen molar-refractivity contribution in [3.63, 3.8) is 0 Å². The maximum Gasteiger partial charge on any atom is 0.414 e. The Labute approximate surface area is 205 Å². The van der Waals surface area contributed by atoms with Crippen LogP contribution in [0.1, 0.15) is 37.3 Å². The van der Waals surface area contributed by atoms with Gasteiger partial charge in [-0.05, 0) is 49.9 Å². The lowest BCUT2D eigenvalue weighted by Crippen LogP contribution is -2.35. The highest BCUT2D eigenvalue weighted by molar-refractivity contribution is 7.99. The number of hydrogen-bond donors (Lipinski definition) is 3. The molecule has 1 aromatic heterocycles. The number of fused-ring (bicyclic) bond motifs is 1. The van der Waals surface area contributed by atoms with E-state index in [0.717, 1.165) is 37.0 Å². The summed E-state index contributed by atoms with van der Waals surface area (Å²) in [5.41, 5.74) is 1.50. The van der Waals surface area contributed by atoms with Crippen LogP contribution in [0.15, 0.2) is 41.3 Å². The number of aromatic amines is 1. The van der Waals surface area contributed by atoms with Gasteiger partial charge in [-0.1, -0.05) is 19.1 Å². The maximum atomic E-state index is 15.3. The average molecular weight is 508 g/mol. The quantitative estimate of drug-likeness (QED) is 0.334. The van der Waals surface area contributed by atoms with E-state index in [1.165, 1.54) is 23.9 Å². The molecular weight excluding hydrogens is 480 g/mol. The van der Waals surface area contributed by atoms with E-state index >= 15 is 4.39 Å². The summed E-state index contributed by atoms with van der Waals surface area (Å²) in [5.74, 6) is -3.68. The van der Waals surface area contributed by atoms with E-state index in [2.05, 4.69) is 21.9 Å². The van der Waals surface area contributed by atoms with E-state index in [-0.39, 0.29) is 11.7 Å². The number of benzene rings is 2. The van der Waals surface area contributed by atoms with Crippen LogP contribution in [0.5, 0.6) is 0 Å². The lowest BCUT2D eigenvalue weighted by molar-refractivity contribution is -0.159. The fourth-order valence-electron chi connectivity index (χ4n) is 3.74. The normalized spacial score (nSPS) is 15.4. The molecule has 1 fully saturated rings. The van der Waals surface area contributed by atoms with Crippen LogP contribution in [0.3, 0.4) is 0 Å². The molecule has 35 heavy (non-hydrogen) atoms. The van der Waals surface area contributed by atoms with Gasteiger partial charge in [-0.2, -0.15) is 0 Å². The summed E-state index contributed by atoms with van der Waals surface area (Å²) in [6.45, 7) is 3.74. The third kappa shape index (κ3) is 6.77. The standard InChI is InChI=1S/C22H25F2N3OS.C2H2O4/c1-3-29-18-9-8-15(23)19(20(18)24)21(28-14-10-12-27(2)13-11-14)22-25-16-6-4-5-7-17(16)26-22;3-1(4)2(5)6/h4-9,14,21H,3,10-13H2,1-2H3,(H,25,26);(H,3,4)(H,5,6). The van der Waals surface area contributed by atoms with Crippen LogP contribution in [0.25, 0.3) is 11.0 Å². The number of imidazole rings is 1. The number of hydrogen-bond acceptors (Lipinski definition) is 6. The number of aliphatic carboxylic acids is 2. The Balaban J connectivity index is 0.000000509. The first-order valence-electron chi connectivity index (χ1n) is 11.1. The van der Waals surface area contributed by atoms with Crippen LogP contribution in [-0.4, -0.2) is 69.0 Å². The number of likely N-dealkylation sites (tertiary alicyclic amines) is 1. The van der Waals surface area contributed by atoms with Gasteiger partial charge in [0.1, 0.15) is 23.6 Å². The van der Waals surface area contributed by atoms with Crippen molar-refractivity contribution in [1.29, 1.82) is 0 Å². The number of halogens is 2. The third-order valence-corrected chi connectivity index (χ3v) is 6.40. The fraction of sp³-hybridized carbons (Fsp3) is 0.375. The molecular formula is C24H27F2N3O5S. The van der Waals surface area contributed by atoms with Crippen molar-refractivity contribution in [1.82, 2.24) is 14.9 Å². The Kier molecular flexibility index (Phi) is 9.19. The zero-order valence-electron chi connectivity index (χ0n) is 19.3. The zero-order valence-corrected chi connectivity index (χ0v) is 20.1. The number of piperidine rings is 1. The monoisotopic (exact) mass is 507 g/mol. The van der Waals surface area contributed by atoms with Gasteiger partial charge in [0, 0.05) is 18.0 Å². The van der Waals surface area contributed by atoms with E-state index in [0.29, 0.717) is 16.5 Å².